The summed E-state index contributed by atoms with van der Waals surface area (Å²) < 4.78 is 35.5. The largest absolute Gasteiger partial charge is 0.391 e. The van der Waals surface area contributed by atoms with Crippen molar-refractivity contribution in [1.29, 1.82) is 0 Å². The first kappa shape index (κ1) is 14.9. The molecule has 1 atom stereocenters. The molecule has 0 heterocycles. The van der Waals surface area contributed by atoms with E-state index in [0.717, 1.165) is 12.5 Å². The molecular weight excluding hydrogens is 259 g/mol. The smallest absolute Gasteiger partial charge is 0.238 e. The molecule has 4 N–H and O–H groups in total. The maximum atomic E-state index is 13.6. The number of aliphatic hydroxyl groups is 1. The monoisotopic (exact) mass is 276 g/mol. The molecule has 0 spiro atoms. The van der Waals surface area contributed by atoms with Gasteiger partial charge in [0.25, 0.3) is 0 Å². The Kier molecular flexibility index (Phi) is 5.06. The Morgan fingerprint density at radius 2 is 2.17 bits per heavy atom. The van der Waals surface area contributed by atoms with Crippen molar-refractivity contribution in [3.05, 3.63) is 24.0 Å². The molecule has 18 heavy (non-hydrogen) atoms. The number of benzene rings is 1. The molecule has 0 amide bonds. The van der Waals surface area contributed by atoms with Crippen molar-refractivity contribution in [3.63, 3.8) is 0 Å². The molecule has 1 aromatic carbocycles. The molecule has 0 aliphatic heterocycles. The van der Waals surface area contributed by atoms with Gasteiger partial charge in [-0.1, -0.05) is 13.3 Å². The first-order valence-electron chi connectivity index (χ1n) is 5.59. The van der Waals surface area contributed by atoms with Gasteiger partial charge in [0.1, 0.15) is 5.82 Å². The number of anilines is 1. The number of halogens is 1. The lowest BCUT2D eigenvalue weighted by Gasteiger charge is -2.12. The third-order valence-electron chi connectivity index (χ3n) is 2.42. The van der Waals surface area contributed by atoms with Gasteiger partial charge in [-0.05, 0) is 24.6 Å². The van der Waals surface area contributed by atoms with Crippen molar-refractivity contribution in [2.45, 2.75) is 30.8 Å². The van der Waals surface area contributed by atoms with E-state index < -0.39 is 21.9 Å². The average Bonchev–Trinajstić information content (AvgIpc) is 2.26. The normalized spacial score (nSPS) is 13.3. The topological polar surface area (TPSA) is 92.4 Å². The third-order valence-corrected chi connectivity index (χ3v) is 3.33. The van der Waals surface area contributed by atoms with Gasteiger partial charge in [0.15, 0.2) is 0 Å². The first-order valence-corrected chi connectivity index (χ1v) is 7.13. The average molecular weight is 276 g/mol. The van der Waals surface area contributed by atoms with Gasteiger partial charge >= 0.3 is 0 Å². The Bertz CT molecular complexity index is 505. The van der Waals surface area contributed by atoms with Gasteiger partial charge in [-0.25, -0.2) is 17.9 Å². The van der Waals surface area contributed by atoms with Gasteiger partial charge in [0, 0.05) is 6.54 Å². The van der Waals surface area contributed by atoms with Crippen molar-refractivity contribution in [2.75, 3.05) is 11.9 Å². The van der Waals surface area contributed by atoms with Gasteiger partial charge in [-0.2, -0.15) is 0 Å². The van der Waals surface area contributed by atoms with Crippen molar-refractivity contribution < 1.29 is 17.9 Å². The van der Waals surface area contributed by atoms with Crippen LogP contribution < -0.4 is 10.5 Å². The van der Waals surface area contributed by atoms with Gasteiger partial charge < -0.3 is 10.4 Å². The lowest BCUT2D eigenvalue weighted by atomic mass is 10.2. The second kappa shape index (κ2) is 6.12. The van der Waals surface area contributed by atoms with E-state index in [1.807, 2.05) is 6.92 Å². The Morgan fingerprint density at radius 1 is 1.50 bits per heavy atom. The summed E-state index contributed by atoms with van der Waals surface area (Å²) in [4.78, 5) is -0.278. The predicted molar refractivity (Wildman–Crippen MR) is 67.2 cm³/mol. The zero-order valence-electron chi connectivity index (χ0n) is 10.1. The number of aliphatic hydroxyl groups excluding tert-OH is 1. The summed E-state index contributed by atoms with van der Waals surface area (Å²) >= 11 is 0. The molecule has 5 nitrogen and oxygen atoms in total. The van der Waals surface area contributed by atoms with Crippen LogP contribution >= 0.6 is 0 Å². The fraction of sp³-hybridized carbons (Fsp3) is 0.455. The maximum Gasteiger partial charge on any atom is 0.238 e. The summed E-state index contributed by atoms with van der Waals surface area (Å²) in [5, 5.41) is 17.1. The molecule has 1 unspecified atom stereocenters. The molecule has 0 aromatic heterocycles. The Labute approximate surface area is 106 Å². The lowest BCUT2D eigenvalue weighted by Crippen LogP contribution is -2.20. The zero-order chi connectivity index (χ0) is 13.8. The molecule has 102 valence electrons. The van der Waals surface area contributed by atoms with E-state index in [9.17, 15) is 17.9 Å². The second-order valence-electron chi connectivity index (χ2n) is 4.01. The Balaban J connectivity index is 2.75. The minimum atomic E-state index is -3.90. The van der Waals surface area contributed by atoms with Crippen molar-refractivity contribution >= 4 is 15.7 Å². The highest BCUT2D eigenvalue weighted by atomic mass is 32.2. The quantitative estimate of drug-likeness (QED) is 0.724. The number of primary sulfonamides is 1. The maximum absolute atomic E-state index is 13.6. The molecule has 0 fully saturated rings. The Morgan fingerprint density at radius 3 is 2.67 bits per heavy atom. The van der Waals surface area contributed by atoms with E-state index in [4.69, 9.17) is 5.14 Å². The van der Waals surface area contributed by atoms with Gasteiger partial charge in [-0.3, -0.25) is 0 Å². The third kappa shape index (κ3) is 4.25. The van der Waals surface area contributed by atoms with Crippen LogP contribution in [0.3, 0.4) is 0 Å². The standard InChI is InChI=1S/C11H17FN2O3S/c1-2-3-8(15)7-14-11-5-4-9(6-10(11)12)18(13,16)17/h4-6,8,14-15H,2-3,7H2,1H3,(H2,13,16,17). The molecule has 0 aliphatic rings. The number of hydrogen-bond acceptors (Lipinski definition) is 4. The summed E-state index contributed by atoms with van der Waals surface area (Å²) in [6.45, 7) is 2.14. The highest BCUT2D eigenvalue weighted by Gasteiger charge is 2.12. The number of sulfonamides is 1. The molecule has 0 saturated carbocycles. The minimum absolute atomic E-state index is 0.137. The number of rotatable bonds is 6. The summed E-state index contributed by atoms with van der Waals surface area (Å²) in [7, 11) is -3.90. The van der Waals surface area contributed by atoms with Crippen molar-refractivity contribution in [1.82, 2.24) is 0 Å². The fourth-order valence-electron chi connectivity index (χ4n) is 1.48. The first-order chi connectivity index (χ1) is 8.34. The van der Waals surface area contributed by atoms with Crippen LogP contribution in [0.1, 0.15) is 19.8 Å². The SMILES string of the molecule is CCCC(O)CNc1ccc(S(N)(=O)=O)cc1F. The molecule has 0 radical (unpaired) electrons. The van der Waals surface area contributed by atoms with Crippen LogP contribution in [0.2, 0.25) is 0 Å². The van der Waals surface area contributed by atoms with Crippen LogP contribution in [0.4, 0.5) is 10.1 Å². The van der Waals surface area contributed by atoms with E-state index in [1.54, 1.807) is 0 Å². The van der Waals surface area contributed by atoms with Gasteiger partial charge in [0.2, 0.25) is 10.0 Å². The van der Waals surface area contributed by atoms with Gasteiger partial charge in [-0.15, -0.1) is 0 Å². The van der Waals surface area contributed by atoms with Crippen LogP contribution in [0.25, 0.3) is 0 Å². The minimum Gasteiger partial charge on any atom is -0.391 e. The van der Waals surface area contributed by atoms with Crippen LogP contribution in [0, 0.1) is 5.82 Å². The molecule has 1 aromatic rings. The van der Waals surface area contributed by atoms with Crippen LogP contribution in [0.15, 0.2) is 23.1 Å². The van der Waals surface area contributed by atoms with E-state index >= 15 is 0 Å². The number of hydrogen-bond donors (Lipinski definition) is 3. The molecule has 0 aliphatic carbocycles. The zero-order valence-corrected chi connectivity index (χ0v) is 10.9. The lowest BCUT2D eigenvalue weighted by molar-refractivity contribution is 0.176. The number of nitrogens with two attached hydrogens (primary N) is 1. The van der Waals surface area contributed by atoms with Crippen molar-refractivity contribution in [3.8, 4) is 0 Å². The fourth-order valence-corrected chi connectivity index (χ4v) is 2.00. The van der Waals surface area contributed by atoms with Crippen LogP contribution in [-0.2, 0) is 10.0 Å². The molecule has 0 saturated heterocycles. The molecular formula is C11H17FN2O3S. The summed E-state index contributed by atoms with van der Waals surface area (Å²) in [5.41, 5.74) is 0.137. The second-order valence-corrected chi connectivity index (χ2v) is 5.57. The molecule has 0 bridgehead atoms. The van der Waals surface area contributed by atoms with Crippen molar-refractivity contribution in [2.24, 2.45) is 5.14 Å². The predicted octanol–water partition coefficient (Wildman–Crippen LogP) is 1.05. The Hall–Kier alpha value is -1.18. The highest BCUT2D eigenvalue weighted by Crippen LogP contribution is 2.18. The van der Waals surface area contributed by atoms with E-state index in [1.165, 1.54) is 12.1 Å². The summed E-state index contributed by atoms with van der Waals surface area (Å²) in [6.07, 6.45) is 0.881. The summed E-state index contributed by atoms with van der Waals surface area (Å²) in [5.74, 6) is -0.717. The van der Waals surface area contributed by atoms with E-state index in [-0.39, 0.29) is 17.1 Å². The van der Waals surface area contributed by atoms with Crippen LogP contribution in [0.5, 0.6) is 0 Å². The summed E-state index contributed by atoms with van der Waals surface area (Å²) in [6, 6.07) is 3.35. The van der Waals surface area contributed by atoms with Gasteiger partial charge in [0.05, 0.1) is 16.7 Å². The molecule has 7 heteroatoms. The highest BCUT2D eigenvalue weighted by molar-refractivity contribution is 7.89. The van der Waals surface area contributed by atoms with Crippen LogP contribution in [-0.4, -0.2) is 26.2 Å². The van der Waals surface area contributed by atoms with E-state index in [2.05, 4.69) is 5.32 Å². The molecule has 1 rings (SSSR count). The number of nitrogens with one attached hydrogen (secondary N) is 1. The van der Waals surface area contributed by atoms with E-state index in [0.29, 0.717) is 6.42 Å².